The van der Waals surface area contributed by atoms with Crippen molar-refractivity contribution >= 4 is 0 Å². The van der Waals surface area contributed by atoms with Crippen molar-refractivity contribution in [1.29, 1.82) is 0 Å². The summed E-state index contributed by atoms with van der Waals surface area (Å²) in [5.41, 5.74) is 2.74. The summed E-state index contributed by atoms with van der Waals surface area (Å²) in [6.45, 7) is 3.15. The molecule has 4 bridgehead atoms. The molecular weight excluding hydrogens is 711 g/mol. The van der Waals surface area contributed by atoms with E-state index < -0.39 is 30.1 Å². The fourth-order valence-electron chi connectivity index (χ4n) is 10.3. The molecule has 57 heavy (non-hydrogen) atoms. The summed E-state index contributed by atoms with van der Waals surface area (Å²) in [7, 11) is 0. The lowest BCUT2D eigenvalue weighted by atomic mass is 9.50. The Morgan fingerprint density at radius 3 is 1.58 bits per heavy atom. The van der Waals surface area contributed by atoms with Crippen molar-refractivity contribution in [3.63, 3.8) is 0 Å². The lowest BCUT2D eigenvalue weighted by Crippen LogP contribution is -2.74. The lowest BCUT2D eigenvalue weighted by Gasteiger charge is -2.56. The van der Waals surface area contributed by atoms with Crippen LogP contribution >= 0.6 is 0 Å². The van der Waals surface area contributed by atoms with E-state index in [1.54, 1.807) is 0 Å². The Balaban J connectivity index is 1.02. The standard InChI is InChI=1S/C50H59NO6/c52-50(24-14-5-15-25-53-37-49-29-42-26-43(30-49)28-44(27-42)31-49)48(57-35-41-22-12-4-13-23-41)47(56-34-40-20-10-3-11-21-40)46(55-33-39-18-8-2-9-19-39)45(51-50)36-54-32-38-16-6-1-7-17-38/h1-4,6-13,16-23,42-48,51-52H,5,15,25-37H2/t42?,43?,44?,45-,46-,47+,48-,49?,50?/m1/s1. The molecule has 0 amide bonds. The van der Waals surface area contributed by atoms with Crippen molar-refractivity contribution in [2.75, 3.05) is 19.8 Å². The number of hydrogen-bond donors (Lipinski definition) is 2. The molecule has 4 aromatic rings. The normalized spacial score (nSPS) is 30.2. The average Bonchev–Trinajstić information content (AvgIpc) is 3.23. The van der Waals surface area contributed by atoms with Gasteiger partial charge < -0.3 is 28.8 Å². The minimum Gasteiger partial charge on any atom is -0.381 e. The fraction of sp³-hybridized carbons (Fsp3) is 0.480. The SMILES string of the molecule is OC1(C#CCCCOCC23CC4CC(CC(C4)C2)C3)N[C@H](COCc2ccccc2)[C@@H](OCc2ccccc2)[C@H](OCc2ccccc2)[C@H]1OCc1ccccc1. The van der Waals surface area contributed by atoms with Crippen LogP contribution in [0, 0.1) is 35.0 Å². The maximum absolute atomic E-state index is 12.7. The van der Waals surface area contributed by atoms with Gasteiger partial charge in [-0.05, 0) is 96.3 Å². The highest BCUT2D eigenvalue weighted by Crippen LogP contribution is 2.60. The number of rotatable bonds is 18. The Morgan fingerprint density at radius 2 is 1.05 bits per heavy atom. The van der Waals surface area contributed by atoms with Gasteiger partial charge in [0.2, 0.25) is 5.72 Å². The molecule has 7 heteroatoms. The van der Waals surface area contributed by atoms with E-state index in [0.29, 0.717) is 38.3 Å². The molecule has 5 atom stereocenters. The van der Waals surface area contributed by atoms with Gasteiger partial charge in [0, 0.05) is 13.0 Å². The van der Waals surface area contributed by atoms with E-state index >= 15 is 0 Å². The van der Waals surface area contributed by atoms with Crippen LogP contribution in [0.5, 0.6) is 0 Å². The molecule has 4 saturated carbocycles. The number of nitrogens with one attached hydrogen (secondary N) is 1. The van der Waals surface area contributed by atoms with Crippen molar-refractivity contribution < 1.29 is 28.8 Å². The number of aliphatic hydroxyl groups is 1. The van der Waals surface area contributed by atoms with Crippen LogP contribution in [0.2, 0.25) is 0 Å². The van der Waals surface area contributed by atoms with Crippen LogP contribution in [0.15, 0.2) is 121 Å². The lowest BCUT2D eigenvalue weighted by molar-refractivity contribution is -0.241. The Bertz CT molecular complexity index is 1830. The molecule has 7 nitrogen and oxygen atoms in total. The summed E-state index contributed by atoms with van der Waals surface area (Å²) >= 11 is 0. The van der Waals surface area contributed by atoms with Crippen LogP contribution in [0.25, 0.3) is 0 Å². The van der Waals surface area contributed by atoms with Crippen molar-refractivity contribution in [2.45, 2.75) is 108 Å². The van der Waals surface area contributed by atoms with E-state index in [2.05, 4.69) is 29.3 Å². The van der Waals surface area contributed by atoms with E-state index in [1.807, 2.05) is 109 Å². The smallest absolute Gasteiger partial charge is 0.209 e. The Hall–Kier alpha value is -3.84. The molecule has 9 rings (SSSR count). The van der Waals surface area contributed by atoms with Gasteiger partial charge in [0.1, 0.15) is 18.3 Å². The molecular formula is C50H59NO6. The molecule has 5 fully saturated rings. The van der Waals surface area contributed by atoms with Crippen LogP contribution in [0.1, 0.15) is 73.6 Å². The molecule has 0 radical (unpaired) electrons. The molecule has 2 N–H and O–H groups in total. The second-order valence-corrected chi connectivity index (χ2v) is 17.1. The quantitative estimate of drug-likeness (QED) is 0.0776. The minimum absolute atomic E-state index is 0.257. The molecule has 5 aliphatic rings. The second kappa shape index (κ2) is 19.3. The highest BCUT2D eigenvalue weighted by atomic mass is 16.6. The summed E-state index contributed by atoms with van der Waals surface area (Å²) in [4.78, 5) is 0. The summed E-state index contributed by atoms with van der Waals surface area (Å²) in [5, 5.41) is 16.2. The summed E-state index contributed by atoms with van der Waals surface area (Å²) in [6, 6.07) is 39.8. The maximum atomic E-state index is 12.7. The third kappa shape index (κ3) is 10.6. The van der Waals surface area contributed by atoms with E-state index in [1.165, 1.54) is 38.5 Å². The van der Waals surface area contributed by atoms with Crippen molar-refractivity contribution in [1.82, 2.24) is 5.32 Å². The molecule has 1 aliphatic heterocycles. The van der Waals surface area contributed by atoms with Gasteiger partial charge in [-0.25, -0.2) is 0 Å². The van der Waals surface area contributed by atoms with Gasteiger partial charge in [-0.3, -0.25) is 5.32 Å². The summed E-state index contributed by atoms with van der Waals surface area (Å²) < 4.78 is 33.1. The van der Waals surface area contributed by atoms with E-state index in [-0.39, 0.29) is 13.2 Å². The number of unbranched alkanes of at least 4 members (excludes halogenated alkanes) is 1. The first kappa shape index (κ1) is 40.0. The van der Waals surface area contributed by atoms with Gasteiger partial charge in [-0.1, -0.05) is 127 Å². The zero-order valence-electron chi connectivity index (χ0n) is 33.2. The number of hydrogen-bond acceptors (Lipinski definition) is 7. The molecule has 0 aromatic heterocycles. The third-order valence-corrected chi connectivity index (χ3v) is 12.5. The Kier molecular flexibility index (Phi) is 13.5. The van der Waals surface area contributed by atoms with Crippen LogP contribution in [0.3, 0.4) is 0 Å². The average molecular weight is 770 g/mol. The van der Waals surface area contributed by atoms with Crippen LogP contribution < -0.4 is 5.32 Å². The minimum atomic E-state index is -1.76. The molecule has 4 aromatic carbocycles. The highest BCUT2D eigenvalue weighted by molar-refractivity contribution is 5.23. The van der Waals surface area contributed by atoms with Gasteiger partial charge in [-0.15, -0.1) is 0 Å². The highest BCUT2D eigenvalue weighted by Gasteiger charge is 2.55. The Labute approximate surface area is 339 Å². The summed E-state index contributed by atoms with van der Waals surface area (Å²) in [5.74, 6) is 9.34. The van der Waals surface area contributed by atoms with Gasteiger partial charge in [-0.2, -0.15) is 0 Å². The van der Waals surface area contributed by atoms with E-state index in [0.717, 1.165) is 53.0 Å². The van der Waals surface area contributed by atoms with Gasteiger partial charge in [0.05, 0.1) is 45.7 Å². The molecule has 0 spiro atoms. The fourth-order valence-corrected chi connectivity index (χ4v) is 10.3. The van der Waals surface area contributed by atoms with Crippen LogP contribution in [-0.2, 0) is 50.1 Å². The molecule has 1 heterocycles. The molecule has 1 saturated heterocycles. The molecule has 300 valence electrons. The van der Waals surface area contributed by atoms with Crippen LogP contribution in [-0.4, -0.2) is 55.0 Å². The molecule has 1 unspecified atom stereocenters. The van der Waals surface area contributed by atoms with E-state index in [4.69, 9.17) is 23.7 Å². The number of benzene rings is 4. The summed E-state index contributed by atoms with van der Waals surface area (Å²) in [6.07, 6.45) is 7.62. The zero-order chi connectivity index (χ0) is 38.8. The second-order valence-electron chi connectivity index (χ2n) is 17.1. The van der Waals surface area contributed by atoms with Crippen molar-refractivity contribution in [2.24, 2.45) is 23.2 Å². The largest absolute Gasteiger partial charge is 0.381 e. The van der Waals surface area contributed by atoms with Crippen molar-refractivity contribution in [3.05, 3.63) is 144 Å². The first-order chi connectivity index (χ1) is 28.0. The zero-order valence-corrected chi connectivity index (χ0v) is 33.2. The predicted octanol–water partition coefficient (Wildman–Crippen LogP) is 8.64. The van der Waals surface area contributed by atoms with Gasteiger partial charge in [0.15, 0.2) is 0 Å². The molecule has 4 aliphatic carbocycles. The van der Waals surface area contributed by atoms with Gasteiger partial charge >= 0.3 is 0 Å². The topological polar surface area (TPSA) is 78.4 Å². The van der Waals surface area contributed by atoms with Crippen LogP contribution in [0.4, 0.5) is 0 Å². The van der Waals surface area contributed by atoms with E-state index in [9.17, 15) is 5.11 Å². The maximum Gasteiger partial charge on any atom is 0.209 e. The third-order valence-electron chi connectivity index (χ3n) is 12.5. The Morgan fingerprint density at radius 1 is 0.579 bits per heavy atom. The monoisotopic (exact) mass is 769 g/mol. The predicted molar refractivity (Wildman–Crippen MR) is 221 cm³/mol. The van der Waals surface area contributed by atoms with Crippen molar-refractivity contribution in [3.8, 4) is 11.8 Å². The number of piperidine rings is 1. The number of ether oxygens (including phenoxy) is 5. The first-order valence-corrected chi connectivity index (χ1v) is 21.2. The first-order valence-electron chi connectivity index (χ1n) is 21.2. The van der Waals surface area contributed by atoms with Gasteiger partial charge in [0.25, 0.3) is 0 Å².